The monoisotopic (exact) mass is 278 g/mol. The second-order valence-electron chi connectivity index (χ2n) is 4.61. The van der Waals surface area contributed by atoms with Gasteiger partial charge in [0, 0.05) is 33.5 Å². The molecule has 0 heterocycles. The van der Waals surface area contributed by atoms with E-state index in [2.05, 4.69) is 5.32 Å². The van der Waals surface area contributed by atoms with Crippen molar-refractivity contribution in [2.24, 2.45) is 0 Å². The van der Waals surface area contributed by atoms with Crippen molar-refractivity contribution in [2.75, 3.05) is 27.2 Å². The van der Waals surface area contributed by atoms with Crippen LogP contribution in [0.2, 0.25) is 0 Å². The minimum absolute atomic E-state index is 0.0219. The Bertz CT molecular complexity index is 460. The summed E-state index contributed by atoms with van der Waals surface area (Å²) in [5.41, 5.74) is 1.08. The number of hydrogen-bond acceptors (Lipinski definition) is 3. The van der Waals surface area contributed by atoms with Crippen LogP contribution < -0.4 is 10.1 Å². The highest BCUT2D eigenvalue weighted by Gasteiger charge is 2.10. The Hall–Kier alpha value is -2.04. The lowest BCUT2D eigenvalue weighted by molar-refractivity contribution is -0.129. The van der Waals surface area contributed by atoms with Gasteiger partial charge in [-0.25, -0.2) is 0 Å². The highest BCUT2D eigenvalue weighted by molar-refractivity contribution is 5.77. The zero-order valence-electron chi connectivity index (χ0n) is 12.3. The zero-order valence-corrected chi connectivity index (χ0v) is 12.3. The molecule has 0 atom stereocenters. The Balaban J connectivity index is 2.40. The Morgan fingerprint density at radius 2 is 2.00 bits per heavy atom. The molecule has 0 aromatic heterocycles. The maximum Gasteiger partial charge on any atom is 0.224 e. The first-order valence-corrected chi connectivity index (χ1v) is 6.65. The van der Waals surface area contributed by atoms with Crippen molar-refractivity contribution in [3.63, 3.8) is 0 Å². The summed E-state index contributed by atoms with van der Waals surface area (Å²) in [6.45, 7) is 2.45. The SMILES string of the molecule is COc1ccccc1CCN(C)C(=O)CCNC(C)=O. The summed E-state index contributed by atoms with van der Waals surface area (Å²) in [5.74, 6) is 0.745. The third-order valence-corrected chi connectivity index (χ3v) is 3.05. The minimum Gasteiger partial charge on any atom is -0.496 e. The number of hydrogen-bond donors (Lipinski definition) is 1. The lowest BCUT2D eigenvalue weighted by Gasteiger charge is -2.18. The van der Waals surface area contributed by atoms with Crippen molar-refractivity contribution in [2.45, 2.75) is 19.8 Å². The van der Waals surface area contributed by atoms with Crippen LogP contribution in [0.25, 0.3) is 0 Å². The zero-order chi connectivity index (χ0) is 15.0. The van der Waals surface area contributed by atoms with Crippen LogP contribution in [0.1, 0.15) is 18.9 Å². The van der Waals surface area contributed by atoms with Gasteiger partial charge in [0.1, 0.15) is 5.75 Å². The summed E-state index contributed by atoms with van der Waals surface area (Å²) in [6, 6.07) is 7.78. The molecule has 0 fully saturated rings. The number of para-hydroxylation sites is 1. The Labute approximate surface area is 119 Å². The molecular weight excluding hydrogens is 256 g/mol. The van der Waals surface area contributed by atoms with E-state index in [0.717, 1.165) is 17.7 Å². The van der Waals surface area contributed by atoms with Gasteiger partial charge in [-0.2, -0.15) is 0 Å². The van der Waals surface area contributed by atoms with E-state index in [9.17, 15) is 9.59 Å². The first-order valence-electron chi connectivity index (χ1n) is 6.65. The Morgan fingerprint density at radius 1 is 1.30 bits per heavy atom. The van der Waals surface area contributed by atoms with Gasteiger partial charge < -0.3 is 15.0 Å². The van der Waals surface area contributed by atoms with Gasteiger partial charge in [-0.15, -0.1) is 0 Å². The maximum absolute atomic E-state index is 11.8. The molecule has 110 valence electrons. The van der Waals surface area contributed by atoms with Crippen LogP contribution in [0.4, 0.5) is 0 Å². The number of carbonyl (C=O) groups is 2. The topological polar surface area (TPSA) is 58.6 Å². The van der Waals surface area contributed by atoms with Crippen LogP contribution >= 0.6 is 0 Å². The molecule has 0 aliphatic heterocycles. The highest BCUT2D eigenvalue weighted by atomic mass is 16.5. The molecule has 2 amide bonds. The van der Waals surface area contributed by atoms with Crippen LogP contribution in [-0.4, -0.2) is 44.0 Å². The maximum atomic E-state index is 11.8. The van der Waals surface area contributed by atoms with Crippen LogP contribution in [0, 0.1) is 0 Å². The van der Waals surface area contributed by atoms with E-state index in [1.165, 1.54) is 6.92 Å². The van der Waals surface area contributed by atoms with Crippen molar-refractivity contribution in [1.82, 2.24) is 10.2 Å². The fourth-order valence-electron chi connectivity index (χ4n) is 1.86. The molecule has 0 unspecified atom stereocenters. The second kappa shape index (κ2) is 8.19. The molecule has 1 N–H and O–H groups in total. The molecule has 0 bridgehead atoms. The fraction of sp³-hybridized carbons (Fsp3) is 0.467. The lowest BCUT2D eigenvalue weighted by atomic mass is 10.1. The van der Waals surface area contributed by atoms with Crippen LogP contribution in [0.3, 0.4) is 0 Å². The summed E-state index contributed by atoms with van der Waals surface area (Å²) in [7, 11) is 3.41. The second-order valence-corrected chi connectivity index (χ2v) is 4.61. The molecule has 0 aliphatic carbocycles. The van der Waals surface area contributed by atoms with Crippen molar-refractivity contribution >= 4 is 11.8 Å². The molecule has 5 nitrogen and oxygen atoms in total. The van der Waals surface area contributed by atoms with Crippen molar-refractivity contribution in [3.8, 4) is 5.75 Å². The number of ether oxygens (including phenoxy) is 1. The number of rotatable bonds is 7. The van der Waals surface area contributed by atoms with Gasteiger partial charge in [0.05, 0.1) is 7.11 Å². The predicted molar refractivity (Wildman–Crippen MR) is 77.6 cm³/mol. The molecule has 0 saturated carbocycles. The lowest BCUT2D eigenvalue weighted by Crippen LogP contribution is -2.32. The number of nitrogens with one attached hydrogen (secondary N) is 1. The molecule has 5 heteroatoms. The first-order chi connectivity index (χ1) is 9.54. The molecule has 1 aromatic rings. The minimum atomic E-state index is -0.116. The van der Waals surface area contributed by atoms with Gasteiger partial charge in [-0.3, -0.25) is 9.59 Å². The Kier molecular flexibility index (Phi) is 6.56. The van der Waals surface area contributed by atoms with Crippen LogP contribution in [0.5, 0.6) is 5.75 Å². The molecule has 1 rings (SSSR count). The van der Waals surface area contributed by atoms with Crippen molar-refractivity contribution in [3.05, 3.63) is 29.8 Å². The quantitative estimate of drug-likeness (QED) is 0.816. The predicted octanol–water partition coefficient (Wildman–Crippen LogP) is 1.22. The van der Waals surface area contributed by atoms with Crippen LogP contribution in [0.15, 0.2) is 24.3 Å². The number of amides is 2. The molecule has 0 saturated heterocycles. The number of methoxy groups -OCH3 is 1. The smallest absolute Gasteiger partial charge is 0.224 e. The molecule has 0 spiro atoms. The van der Waals surface area contributed by atoms with E-state index in [0.29, 0.717) is 19.5 Å². The standard InChI is InChI=1S/C15H22N2O3/c1-12(18)16-10-8-15(19)17(2)11-9-13-6-4-5-7-14(13)20-3/h4-7H,8-11H2,1-3H3,(H,16,18). The number of carbonyl (C=O) groups excluding carboxylic acids is 2. The number of benzene rings is 1. The number of nitrogens with zero attached hydrogens (tertiary/aromatic N) is 1. The van der Waals surface area contributed by atoms with E-state index >= 15 is 0 Å². The summed E-state index contributed by atoms with van der Waals surface area (Å²) >= 11 is 0. The average molecular weight is 278 g/mol. The summed E-state index contributed by atoms with van der Waals surface area (Å²) in [4.78, 5) is 24.2. The Morgan fingerprint density at radius 3 is 2.65 bits per heavy atom. The van der Waals surface area contributed by atoms with Gasteiger partial charge in [0.25, 0.3) is 0 Å². The molecular formula is C15H22N2O3. The first kappa shape index (κ1) is 16.0. The van der Waals surface area contributed by atoms with E-state index in [4.69, 9.17) is 4.74 Å². The van der Waals surface area contributed by atoms with Gasteiger partial charge in [-0.05, 0) is 18.1 Å². The normalized spacial score (nSPS) is 9.95. The van der Waals surface area contributed by atoms with E-state index in [1.54, 1.807) is 19.1 Å². The third-order valence-electron chi connectivity index (χ3n) is 3.05. The summed E-state index contributed by atoms with van der Waals surface area (Å²) in [6.07, 6.45) is 1.06. The van der Waals surface area contributed by atoms with Crippen LogP contribution in [-0.2, 0) is 16.0 Å². The molecule has 0 aliphatic rings. The molecule has 1 aromatic carbocycles. The summed E-state index contributed by atoms with van der Waals surface area (Å²) in [5, 5.41) is 2.62. The van der Waals surface area contributed by atoms with Gasteiger partial charge >= 0.3 is 0 Å². The average Bonchev–Trinajstić information content (AvgIpc) is 2.44. The number of likely N-dealkylation sites (N-methyl/N-ethyl adjacent to an activating group) is 1. The van der Waals surface area contributed by atoms with E-state index < -0.39 is 0 Å². The summed E-state index contributed by atoms with van der Waals surface area (Å²) < 4.78 is 5.28. The van der Waals surface area contributed by atoms with Crippen molar-refractivity contribution in [1.29, 1.82) is 0 Å². The molecule has 0 radical (unpaired) electrons. The highest BCUT2D eigenvalue weighted by Crippen LogP contribution is 2.17. The largest absolute Gasteiger partial charge is 0.496 e. The molecule has 20 heavy (non-hydrogen) atoms. The van der Waals surface area contributed by atoms with E-state index in [1.807, 2.05) is 24.3 Å². The van der Waals surface area contributed by atoms with Gasteiger partial charge in [-0.1, -0.05) is 18.2 Å². The van der Waals surface area contributed by atoms with Gasteiger partial charge in [0.15, 0.2) is 0 Å². The fourth-order valence-corrected chi connectivity index (χ4v) is 1.86. The van der Waals surface area contributed by atoms with E-state index in [-0.39, 0.29) is 11.8 Å². The van der Waals surface area contributed by atoms with Gasteiger partial charge in [0.2, 0.25) is 11.8 Å². The third kappa shape index (κ3) is 5.30. The van der Waals surface area contributed by atoms with Crippen molar-refractivity contribution < 1.29 is 14.3 Å².